The quantitative estimate of drug-likeness (QED) is 0.619. The number of sulfone groups is 1. The van der Waals surface area contributed by atoms with E-state index in [0.717, 1.165) is 26.6 Å². The normalized spacial score (nSPS) is 11.5. The second-order valence-electron chi connectivity index (χ2n) is 6.42. The molecule has 3 aromatic rings. The van der Waals surface area contributed by atoms with Crippen LogP contribution in [0.3, 0.4) is 0 Å². The number of carbonyl (C=O) groups excluding carboxylic acids is 1. The third kappa shape index (κ3) is 4.13. The fourth-order valence-electron chi connectivity index (χ4n) is 3.07. The lowest BCUT2D eigenvalue weighted by molar-refractivity contribution is -0.117. The number of hydrogen-bond acceptors (Lipinski definition) is 5. The lowest BCUT2D eigenvalue weighted by Gasteiger charge is -2.07. The average Bonchev–Trinajstić information content (AvgIpc) is 2.92. The Morgan fingerprint density at radius 2 is 2.03 bits per heavy atom. The first-order valence-corrected chi connectivity index (χ1v) is 11.5. The molecule has 9 heteroatoms. The van der Waals surface area contributed by atoms with Crippen molar-refractivity contribution in [3.63, 3.8) is 0 Å². The van der Waals surface area contributed by atoms with E-state index < -0.39 is 15.7 Å². The van der Waals surface area contributed by atoms with Gasteiger partial charge in [0.1, 0.15) is 0 Å². The number of nitrogens with two attached hydrogens (primary N) is 1. The second kappa shape index (κ2) is 8.11. The van der Waals surface area contributed by atoms with Crippen molar-refractivity contribution in [1.29, 1.82) is 5.26 Å². The van der Waals surface area contributed by atoms with Gasteiger partial charge < -0.3 is 10.1 Å². The molecule has 6 nitrogen and oxygen atoms in total. The summed E-state index contributed by atoms with van der Waals surface area (Å²) in [6.45, 7) is 3.45. The molecule has 2 N–H and O–H groups in total. The molecule has 0 saturated heterocycles. The molecule has 0 aliphatic heterocycles. The number of rotatable bonds is 6. The summed E-state index contributed by atoms with van der Waals surface area (Å²) in [4.78, 5) is 13.2. The Morgan fingerprint density at radius 3 is 2.62 bits per heavy atom. The highest BCUT2D eigenvalue weighted by molar-refractivity contribution is 7.99. The minimum Gasteiger partial charge on any atom is -0.369 e. The van der Waals surface area contributed by atoms with Crippen molar-refractivity contribution in [1.82, 2.24) is 4.40 Å². The van der Waals surface area contributed by atoms with E-state index in [1.54, 1.807) is 37.4 Å². The first kappa shape index (κ1) is 21.2. The van der Waals surface area contributed by atoms with Gasteiger partial charge in [0, 0.05) is 21.7 Å². The summed E-state index contributed by atoms with van der Waals surface area (Å²) < 4.78 is 26.1. The van der Waals surface area contributed by atoms with E-state index in [4.69, 9.17) is 17.3 Å². The Labute approximate surface area is 178 Å². The Bertz CT molecular complexity index is 1270. The molecule has 0 bridgehead atoms. The first-order chi connectivity index (χ1) is 13.7. The molecule has 0 spiro atoms. The molecule has 1 aromatic carbocycles. The summed E-state index contributed by atoms with van der Waals surface area (Å²) in [5, 5.41) is 9.41. The smallest absolute Gasteiger partial charge is 0.223 e. The molecular formula is C20H18ClN3O3S2. The van der Waals surface area contributed by atoms with Gasteiger partial charge in [-0.2, -0.15) is 5.26 Å². The van der Waals surface area contributed by atoms with E-state index in [1.807, 2.05) is 11.3 Å². The maximum atomic E-state index is 12.1. The van der Waals surface area contributed by atoms with Gasteiger partial charge in [-0.15, -0.1) is 0 Å². The number of amides is 1. The van der Waals surface area contributed by atoms with Crippen molar-refractivity contribution in [3.05, 3.63) is 58.4 Å². The Balaban J connectivity index is 2.13. The molecule has 150 valence electrons. The lowest BCUT2D eigenvalue weighted by atomic mass is 10.2. The number of halogens is 1. The van der Waals surface area contributed by atoms with Gasteiger partial charge in [-0.1, -0.05) is 30.3 Å². The van der Waals surface area contributed by atoms with Gasteiger partial charge >= 0.3 is 0 Å². The summed E-state index contributed by atoms with van der Waals surface area (Å²) in [5.74, 6) is -0.485. The van der Waals surface area contributed by atoms with Crippen LogP contribution in [0.4, 0.5) is 0 Å². The number of aromatic nitrogens is 1. The number of fused-ring (bicyclic) bond motifs is 1. The summed E-state index contributed by atoms with van der Waals surface area (Å²) in [5.41, 5.74) is 8.28. The van der Waals surface area contributed by atoms with E-state index >= 15 is 0 Å². The van der Waals surface area contributed by atoms with Gasteiger partial charge in [-0.05, 0) is 42.8 Å². The highest BCUT2D eigenvalue weighted by Gasteiger charge is 2.20. The van der Waals surface area contributed by atoms with E-state index in [1.165, 1.54) is 17.8 Å². The second-order valence-corrected chi connectivity index (χ2v) is 10.2. The molecule has 29 heavy (non-hydrogen) atoms. The minimum absolute atomic E-state index is 0.0319. The van der Waals surface area contributed by atoms with Crippen LogP contribution in [-0.4, -0.2) is 24.5 Å². The fraction of sp³-hybridized carbons (Fsp3) is 0.200. The van der Waals surface area contributed by atoms with Gasteiger partial charge in [0.25, 0.3) is 0 Å². The van der Waals surface area contributed by atoms with Gasteiger partial charge in [-0.25, -0.2) is 8.42 Å². The number of carbonyl (C=O) groups is 1. The molecule has 0 aliphatic carbocycles. The average molecular weight is 448 g/mol. The maximum Gasteiger partial charge on any atom is 0.223 e. The number of nitrogens with zero attached hydrogens (tertiary/aromatic N) is 2. The number of primary amides is 1. The first-order valence-electron chi connectivity index (χ1n) is 8.70. The van der Waals surface area contributed by atoms with Crippen LogP contribution in [0.25, 0.3) is 5.52 Å². The van der Waals surface area contributed by atoms with Gasteiger partial charge in [0.2, 0.25) is 5.91 Å². The monoisotopic (exact) mass is 447 g/mol. The zero-order valence-electron chi connectivity index (χ0n) is 15.8. The van der Waals surface area contributed by atoms with Crippen LogP contribution >= 0.6 is 23.4 Å². The SMILES string of the molecule is CCS(=O)(=O)c1ccc(Sc2c(C)c(CC(N)=O)n3ccc(C#N)cc23)cc1Cl. The van der Waals surface area contributed by atoms with Crippen LogP contribution in [0.2, 0.25) is 5.02 Å². The van der Waals surface area contributed by atoms with E-state index in [2.05, 4.69) is 6.07 Å². The standard InChI is InChI=1S/C20H18ClN3O3S2/c1-3-29(26,27)18-5-4-14(9-15(18)21)28-20-12(2)16(10-19(23)25)24-7-6-13(11-22)8-17(20)24/h4-9H,3,10H2,1-2H3,(H2,23,25). The molecule has 0 saturated carbocycles. The lowest BCUT2D eigenvalue weighted by Crippen LogP contribution is -2.15. The number of hydrogen-bond donors (Lipinski definition) is 1. The van der Waals surface area contributed by atoms with Crippen molar-refractivity contribution < 1.29 is 13.2 Å². The Morgan fingerprint density at radius 1 is 1.31 bits per heavy atom. The topological polar surface area (TPSA) is 105 Å². The molecule has 0 atom stereocenters. The molecule has 0 aliphatic rings. The third-order valence-corrected chi connectivity index (χ3v) is 7.98. The zero-order chi connectivity index (χ0) is 21.3. The van der Waals surface area contributed by atoms with Gasteiger partial charge in [0.15, 0.2) is 9.84 Å². The largest absolute Gasteiger partial charge is 0.369 e. The molecule has 1 amide bonds. The summed E-state index contributed by atoms with van der Waals surface area (Å²) in [7, 11) is -3.41. The summed E-state index contributed by atoms with van der Waals surface area (Å²) >= 11 is 7.63. The van der Waals surface area contributed by atoms with E-state index in [-0.39, 0.29) is 22.1 Å². The van der Waals surface area contributed by atoms with Crippen molar-refractivity contribution in [2.75, 3.05) is 5.75 Å². The highest BCUT2D eigenvalue weighted by Crippen LogP contribution is 2.39. The fourth-order valence-corrected chi connectivity index (χ4v) is 5.69. The predicted octanol–water partition coefficient (Wildman–Crippen LogP) is 3.75. The van der Waals surface area contributed by atoms with Crippen molar-refractivity contribution in [2.45, 2.75) is 35.0 Å². The van der Waals surface area contributed by atoms with E-state index in [0.29, 0.717) is 5.56 Å². The Hall–Kier alpha value is -2.47. The van der Waals surface area contributed by atoms with Crippen LogP contribution in [0.5, 0.6) is 0 Å². The van der Waals surface area contributed by atoms with Crippen LogP contribution in [0, 0.1) is 18.3 Å². The Kier molecular flexibility index (Phi) is 5.94. The van der Waals surface area contributed by atoms with Crippen molar-refractivity contribution in [3.8, 4) is 6.07 Å². The third-order valence-electron chi connectivity index (χ3n) is 4.56. The zero-order valence-corrected chi connectivity index (χ0v) is 18.2. The van der Waals surface area contributed by atoms with Crippen molar-refractivity contribution in [2.24, 2.45) is 5.73 Å². The summed E-state index contributed by atoms with van der Waals surface area (Å²) in [6, 6.07) is 10.3. The minimum atomic E-state index is -3.41. The predicted molar refractivity (Wildman–Crippen MR) is 113 cm³/mol. The van der Waals surface area contributed by atoms with Crippen LogP contribution < -0.4 is 5.73 Å². The molecular weight excluding hydrogens is 430 g/mol. The number of benzene rings is 1. The van der Waals surface area contributed by atoms with Gasteiger partial charge in [0.05, 0.1) is 39.2 Å². The molecule has 3 rings (SSSR count). The van der Waals surface area contributed by atoms with Gasteiger partial charge in [-0.3, -0.25) is 4.79 Å². The molecule has 0 radical (unpaired) electrons. The van der Waals surface area contributed by atoms with E-state index in [9.17, 15) is 18.5 Å². The molecule has 2 aromatic heterocycles. The van der Waals surface area contributed by atoms with Crippen LogP contribution in [0.1, 0.15) is 23.7 Å². The molecule has 0 fully saturated rings. The molecule has 2 heterocycles. The maximum absolute atomic E-state index is 12.1. The number of pyridine rings is 1. The highest BCUT2D eigenvalue weighted by atomic mass is 35.5. The molecule has 0 unspecified atom stereocenters. The summed E-state index contributed by atoms with van der Waals surface area (Å²) in [6.07, 6.45) is 1.81. The van der Waals surface area contributed by atoms with Crippen LogP contribution in [-0.2, 0) is 21.1 Å². The van der Waals surface area contributed by atoms with Crippen molar-refractivity contribution >= 4 is 44.6 Å². The number of nitriles is 1. The van der Waals surface area contributed by atoms with Crippen LogP contribution in [0.15, 0.2) is 51.2 Å².